The highest BCUT2D eigenvalue weighted by Crippen LogP contribution is 2.23. The van der Waals surface area contributed by atoms with E-state index in [9.17, 15) is 28.6 Å². The second-order valence-electron chi connectivity index (χ2n) is 10.2. The summed E-state index contributed by atoms with van der Waals surface area (Å²) in [6, 6.07) is 13.5. The van der Waals surface area contributed by atoms with Crippen LogP contribution in [0.1, 0.15) is 51.1 Å². The van der Waals surface area contributed by atoms with Gasteiger partial charge in [-0.1, -0.05) is 12.1 Å². The fraction of sp³-hybridized carbons (Fsp3) is 0.355. The second-order valence-corrected chi connectivity index (χ2v) is 10.2. The molecule has 41 heavy (non-hydrogen) atoms. The number of amides is 2. The maximum atomic E-state index is 13.9. The molecule has 1 aliphatic rings. The number of nitrogens with zero attached hydrogens (tertiary/aromatic N) is 1. The van der Waals surface area contributed by atoms with Crippen molar-refractivity contribution in [2.45, 2.75) is 44.4 Å². The van der Waals surface area contributed by atoms with Crippen LogP contribution in [0.3, 0.4) is 0 Å². The fourth-order valence-corrected chi connectivity index (χ4v) is 4.92. The van der Waals surface area contributed by atoms with Gasteiger partial charge in [-0.3, -0.25) is 9.59 Å². The minimum atomic E-state index is -1.14. The molecule has 0 spiro atoms. The molecular formula is C31H35F2N3O5. The van der Waals surface area contributed by atoms with Crippen LogP contribution in [0.15, 0.2) is 60.7 Å². The lowest BCUT2D eigenvalue weighted by atomic mass is 9.99. The Morgan fingerprint density at radius 3 is 2.41 bits per heavy atom. The maximum absolute atomic E-state index is 13.9. The van der Waals surface area contributed by atoms with Crippen molar-refractivity contribution in [1.29, 1.82) is 0 Å². The SMILES string of the molecule is COc1cccc(CNCC(O)C(Cc2cc(F)cc(F)c2)NC(=O)c2ccc(O)c(C(=O)N3CCCCC3)c2)c1. The first-order chi connectivity index (χ1) is 19.7. The van der Waals surface area contributed by atoms with Gasteiger partial charge in [-0.25, -0.2) is 8.78 Å². The molecule has 1 fully saturated rings. The summed E-state index contributed by atoms with van der Waals surface area (Å²) in [6.07, 6.45) is 1.59. The molecule has 8 nitrogen and oxygen atoms in total. The third kappa shape index (κ3) is 8.25. The van der Waals surface area contributed by atoms with Crippen molar-refractivity contribution < 1.29 is 33.3 Å². The minimum Gasteiger partial charge on any atom is -0.507 e. The van der Waals surface area contributed by atoms with Crippen molar-refractivity contribution in [2.24, 2.45) is 0 Å². The lowest BCUT2D eigenvalue weighted by Crippen LogP contribution is -2.48. The minimum absolute atomic E-state index is 0.0174. The van der Waals surface area contributed by atoms with Gasteiger partial charge in [0.1, 0.15) is 23.1 Å². The van der Waals surface area contributed by atoms with Gasteiger partial charge in [0, 0.05) is 37.8 Å². The zero-order chi connectivity index (χ0) is 29.4. The number of methoxy groups -OCH3 is 1. The third-order valence-electron chi connectivity index (χ3n) is 7.11. The molecule has 0 aliphatic carbocycles. The molecule has 2 atom stereocenters. The third-order valence-corrected chi connectivity index (χ3v) is 7.11. The summed E-state index contributed by atoms with van der Waals surface area (Å²) >= 11 is 0. The molecule has 1 aliphatic heterocycles. The highest BCUT2D eigenvalue weighted by Gasteiger charge is 2.25. The van der Waals surface area contributed by atoms with Gasteiger partial charge in [-0.05, 0) is 79.3 Å². The number of phenolic OH excluding ortho intramolecular Hbond substituents is 1. The van der Waals surface area contributed by atoms with E-state index >= 15 is 0 Å². The van der Waals surface area contributed by atoms with E-state index in [0.717, 1.165) is 43.0 Å². The predicted molar refractivity (Wildman–Crippen MR) is 150 cm³/mol. The van der Waals surface area contributed by atoms with Gasteiger partial charge in [-0.2, -0.15) is 0 Å². The summed E-state index contributed by atoms with van der Waals surface area (Å²) in [4.78, 5) is 28.0. The molecule has 2 amide bonds. The Hall–Kier alpha value is -4.02. The number of phenols is 1. The van der Waals surface area contributed by atoms with Crippen molar-refractivity contribution in [3.05, 3.63) is 94.6 Å². The smallest absolute Gasteiger partial charge is 0.257 e. The van der Waals surface area contributed by atoms with E-state index in [-0.39, 0.29) is 41.3 Å². The van der Waals surface area contributed by atoms with Gasteiger partial charge in [-0.15, -0.1) is 0 Å². The highest BCUT2D eigenvalue weighted by atomic mass is 19.1. The maximum Gasteiger partial charge on any atom is 0.257 e. The molecule has 218 valence electrons. The van der Waals surface area contributed by atoms with Gasteiger partial charge < -0.3 is 30.5 Å². The van der Waals surface area contributed by atoms with Gasteiger partial charge in [0.15, 0.2) is 0 Å². The lowest BCUT2D eigenvalue weighted by Gasteiger charge is -2.27. The van der Waals surface area contributed by atoms with Gasteiger partial charge >= 0.3 is 0 Å². The number of carbonyl (C=O) groups is 2. The van der Waals surface area contributed by atoms with Crippen LogP contribution >= 0.6 is 0 Å². The lowest BCUT2D eigenvalue weighted by molar-refractivity contribution is 0.0721. The highest BCUT2D eigenvalue weighted by molar-refractivity contribution is 6.01. The average Bonchev–Trinajstić information content (AvgIpc) is 2.96. The summed E-state index contributed by atoms with van der Waals surface area (Å²) in [5.41, 5.74) is 1.30. The fourth-order valence-electron chi connectivity index (χ4n) is 4.92. The largest absolute Gasteiger partial charge is 0.507 e. The second kappa shape index (κ2) is 14.0. The van der Waals surface area contributed by atoms with Crippen LogP contribution in [-0.4, -0.2) is 65.8 Å². The van der Waals surface area contributed by atoms with E-state index in [0.29, 0.717) is 25.4 Å². The number of rotatable bonds is 11. The number of likely N-dealkylation sites (tertiary alicyclic amines) is 1. The van der Waals surface area contributed by atoms with Crippen molar-refractivity contribution >= 4 is 11.8 Å². The number of nitrogens with one attached hydrogen (secondary N) is 2. The van der Waals surface area contributed by atoms with Crippen molar-refractivity contribution in [3.63, 3.8) is 0 Å². The molecule has 3 aromatic rings. The van der Waals surface area contributed by atoms with E-state index in [1.54, 1.807) is 12.0 Å². The van der Waals surface area contributed by atoms with Crippen molar-refractivity contribution in [2.75, 3.05) is 26.7 Å². The van der Waals surface area contributed by atoms with Crippen LogP contribution in [0.2, 0.25) is 0 Å². The Morgan fingerprint density at radius 1 is 0.976 bits per heavy atom. The Bertz CT molecular complexity index is 1340. The normalized spacial score (nSPS) is 14.8. The number of hydrogen-bond donors (Lipinski definition) is 4. The Labute approximate surface area is 237 Å². The van der Waals surface area contributed by atoms with Gasteiger partial charge in [0.25, 0.3) is 11.8 Å². The topological polar surface area (TPSA) is 111 Å². The molecule has 3 aromatic carbocycles. The van der Waals surface area contributed by atoms with Crippen LogP contribution in [0, 0.1) is 11.6 Å². The summed E-state index contributed by atoms with van der Waals surface area (Å²) in [7, 11) is 1.57. The Kier molecular flexibility index (Phi) is 10.3. The molecule has 4 N–H and O–H groups in total. The Balaban J connectivity index is 1.49. The number of hydrogen-bond acceptors (Lipinski definition) is 6. The molecule has 4 rings (SSSR count). The van der Waals surface area contributed by atoms with E-state index in [1.807, 2.05) is 24.3 Å². The van der Waals surface area contributed by atoms with Crippen LogP contribution in [0.25, 0.3) is 0 Å². The number of aliphatic hydroxyl groups is 1. The standard InChI is InChI=1S/C31H35F2N3O5/c1-41-25-7-5-6-20(14-25)18-34-19-29(38)27(15-21-12-23(32)17-24(33)13-21)35-30(39)22-8-9-28(37)26(16-22)31(40)36-10-3-2-4-11-36/h5-9,12-14,16-17,27,29,34,37-38H,2-4,10-11,15,18-19H2,1H3,(H,35,39). The molecular weight excluding hydrogens is 532 g/mol. The quantitative estimate of drug-likeness (QED) is 0.281. The molecule has 0 aromatic heterocycles. The van der Waals surface area contributed by atoms with Crippen molar-refractivity contribution in [1.82, 2.24) is 15.5 Å². The number of aliphatic hydroxyl groups excluding tert-OH is 1. The van der Waals surface area contributed by atoms with Crippen LogP contribution in [0.4, 0.5) is 8.78 Å². The first kappa shape index (κ1) is 30.0. The summed E-state index contributed by atoms with van der Waals surface area (Å²) < 4.78 is 33.0. The predicted octanol–water partition coefficient (Wildman–Crippen LogP) is 3.80. The number of halogens is 2. The molecule has 0 bridgehead atoms. The van der Waals surface area contributed by atoms with Crippen LogP contribution in [0.5, 0.6) is 11.5 Å². The number of carbonyl (C=O) groups excluding carboxylic acids is 2. The van der Waals surface area contributed by atoms with E-state index in [1.165, 1.54) is 18.2 Å². The zero-order valence-electron chi connectivity index (χ0n) is 22.9. The Morgan fingerprint density at radius 2 is 1.71 bits per heavy atom. The average molecular weight is 568 g/mol. The number of ether oxygens (including phenoxy) is 1. The van der Waals surface area contributed by atoms with Crippen LogP contribution < -0.4 is 15.4 Å². The van der Waals surface area contributed by atoms with Gasteiger partial charge in [0.05, 0.1) is 24.8 Å². The number of benzene rings is 3. The molecule has 2 unspecified atom stereocenters. The summed E-state index contributed by atoms with van der Waals surface area (Å²) in [5, 5.41) is 27.3. The zero-order valence-corrected chi connectivity index (χ0v) is 22.9. The molecule has 1 heterocycles. The molecule has 0 saturated carbocycles. The van der Waals surface area contributed by atoms with Gasteiger partial charge in [0.2, 0.25) is 0 Å². The van der Waals surface area contributed by atoms with E-state index < -0.39 is 29.7 Å². The molecule has 1 saturated heterocycles. The number of piperidine rings is 1. The van der Waals surface area contributed by atoms with Crippen LogP contribution in [-0.2, 0) is 13.0 Å². The molecule has 0 radical (unpaired) electrons. The van der Waals surface area contributed by atoms with E-state index in [4.69, 9.17) is 4.74 Å². The van der Waals surface area contributed by atoms with Crippen molar-refractivity contribution in [3.8, 4) is 11.5 Å². The monoisotopic (exact) mass is 567 g/mol. The number of aromatic hydroxyl groups is 1. The molecule has 10 heteroatoms. The first-order valence-electron chi connectivity index (χ1n) is 13.6. The summed E-state index contributed by atoms with van der Waals surface area (Å²) in [6.45, 7) is 1.63. The summed E-state index contributed by atoms with van der Waals surface area (Å²) in [5.74, 6) is -2.04. The first-order valence-corrected chi connectivity index (χ1v) is 13.6. The van der Waals surface area contributed by atoms with E-state index in [2.05, 4.69) is 10.6 Å².